The number of aryl methyl sites for hydroxylation is 3. The van der Waals surface area contributed by atoms with E-state index in [-0.39, 0.29) is 17.6 Å². The van der Waals surface area contributed by atoms with Crippen LogP contribution in [0.1, 0.15) is 36.0 Å². The number of thiophene rings is 1. The third-order valence-corrected chi connectivity index (χ3v) is 9.99. The molecular formula is C31H28ClN3O3S. The second kappa shape index (κ2) is 8.93. The summed E-state index contributed by atoms with van der Waals surface area (Å²) in [6.07, 6.45) is 4.12. The number of aromatic hydroxyl groups is 1. The molecule has 0 radical (unpaired) electrons. The van der Waals surface area contributed by atoms with E-state index in [4.69, 9.17) is 16.7 Å². The Morgan fingerprint density at radius 1 is 1.21 bits per heavy atom. The van der Waals surface area contributed by atoms with Gasteiger partial charge in [-0.3, -0.25) is 14.3 Å². The van der Waals surface area contributed by atoms with Crippen LogP contribution in [-0.2, 0) is 16.6 Å². The summed E-state index contributed by atoms with van der Waals surface area (Å²) in [5, 5.41) is 17.5. The van der Waals surface area contributed by atoms with E-state index in [2.05, 4.69) is 6.58 Å². The van der Waals surface area contributed by atoms with Gasteiger partial charge in [-0.05, 0) is 67.5 Å². The van der Waals surface area contributed by atoms with E-state index in [9.17, 15) is 14.7 Å². The molecule has 0 bridgehead atoms. The largest absolute Gasteiger partial charge is 0.507 e. The fraction of sp³-hybridized carbons (Fsp3) is 0.258. The molecule has 1 N–H and O–H groups in total. The number of imide groups is 1. The second-order valence-electron chi connectivity index (χ2n) is 10.6. The van der Waals surface area contributed by atoms with Gasteiger partial charge in [0, 0.05) is 34.3 Å². The van der Waals surface area contributed by atoms with Crippen molar-refractivity contribution in [3.63, 3.8) is 0 Å². The fourth-order valence-electron chi connectivity index (χ4n) is 6.34. The molecule has 2 aromatic heterocycles. The van der Waals surface area contributed by atoms with Gasteiger partial charge in [-0.15, -0.1) is 11.3 Å². The normalized spacial score (nSPS) is 22.9. The summed E-state index contributed by atoms with van der Waals surface area (Å²) in [6.45, 7) is 9.68. The number of amides is 2. The van der Waals surface area contributed by atoms with E-state index in [1.807, 2.05) is 69.3 Å². The molecule has 0 spiro atoms. The standard InChI is InChI=1S/C31H28ClN3O3S/c1-6-18-10-12-22-29(37)35(30(38)31(22,4)26(18)20-9-7-8-16(2)27(20)36)25-15-23(33-34(25)5)28-17(3)21-14-19(32)11-13-24(21)39-28/h6-11,13-15,22,26,36H,1,12H2,2-5H3. The number of hydrogen-bond acceptors (Lipinski definition) is 5. The third-order valence-electron chi connectivity index (χ3n) is 8.46. The number of allylic oxidation sites excluding steroid dienone is 3. The van der Waals surface area contributed by atoms with Crippen molar-refractivity contribution in [1.82, 2.24) is 9.78 Å². The molecule has 3 atom stereocenters. The molecule has 2 aromatic carbocycles. The van der Waals surface area contributed by atoms with E-state index < -0.39 is 17.3 Å². The van der Waals surface area contributed by atoms with Crippen molar-refractivity contribution in [3.05, 3.63) is 88.5 Å². The summed E-state index contributed by atoms with van der Waals surface area (Å²) in [5.41, 5.74) is 2.82. The van der Waals surface area contributed by atoms with Crippen LogP contribution in [0.25, 0.3) is 20.7 Å². The molecule has 1 aliphatic heterocycles. The highest BCUT2D eigenvalue weighted by molar-refractivity contribution is 7.22. The molecule has 3 heterocycles. The molecule has 198 valence electrons. The lowest BCUT2D eigenvalue weighted by Crippen LogP contribution is -2.42. The molecule has 39 heavy (non-hydrogen) atoms. The zero-order valence-electron chi connectivity index (χ0n) is 22.2. The highest BCUT2D eigenvalue weighted by Gasteiger charge is 2.63. The average Bonchev–Trinajstić information content (AvgIpc) is 3.50. The predicted octanol–water partition coefficient (Wildman–Crippen LogP) is 7.07. The molecule has 1 fully saturated rings. The van der Waals surface area contributed by atoms with Crippen LogP contribution in [-0.4, -0.2) is 26.7 Å². The van der Waals surface area contributed by atoms with Crippen molar-refractivity contribution in [1.29, 1.82) is 0 Å². The SMILES string of the molecule is C=CC1=CCC2C(=O)N(c3cc(-c4sc5ccc(Cl)cc5c4C)nn3C)C(=O)C2(C)C1c1cccc(C)c1O. The lowest BCUT2D eigenvalue weighted by molar-refractivity contribution is -0.127. The minimum absolute atomic E-state index is 0.138. The van der Waals surface area contributed by atoms with E-state index in [1.54, 1.807) is 29.1 Å². The van der Waals surface area contributed by atoms with Crippen LogP contribution < -0.4 is 4.90 Å². The molecule has 2 aliphatic rings. The minimum atomic E-state index is -1.10. The van der Waals surface area contributed by atoms with Crippen LogP contribution in [0.15, 0.2) is 66.8 Å². The third kappa shape index (κ3) is 3.56. The average molecular weight is 558 g/mol. The Bertz CT molecular complexity index is 1750. The van der Waals surface area contributed by atoms with Gasteiger partial charge in [-0.1, -0.05) is 48.5 Å². The Balaban J connectivity index is 1.46. The molecule has 1 saturated heterocycles. The van der Waals surface area contributed by atoms with E-state index in [0.29, 0.717) is 34.1 Å². The quantitative estimate of drug-likeness (QED) is 0.272. The lowest BCUT2D eigenvalue weighted by Gasteiger charge is -2.40. The predicted molar refractivity (Wildman–Crippen MR) is 156 cm³/mol. The first-order valence-electron chi connectivity index (χ1n) is 12.8. The number of phenolic OH excluding ortho intramolecular Hbond substituents is 1. The zero-order valence-corrected chi connectivity index (χ0v) is 23.7. The van der Waals surface area contributed by atoms with E-state index >= 15 is 0 Å². The molecule has 8 heteroatoms. The molecule has 4 aromatic rings. The highest BCUT2D eigenvalue weighted by Crippen LogP contribution is 2.58. The lowest BCUT2D eigenvalue weighted by atomic mass is 9.60. The molecule has 2 amide bonds. The van der Waals surface area contributed by atoms with Gasteiger partial charge in [-0.25, -0.2) is 4.90 Å². The molecule has 1 aliphatic carbocycles. The van der Waals surface area contributed by atoms with Crippen LogP contribution in [0.3, 0.4) is 0 Å². The smallest absolute Gasteiger partial charge is 0.242 e. The summed E-state index contributed by atoms with van der Waals surface area (Å²) in [5.74, 6) is -1.09. The van der Waals surface area contributed by atoms with E-state index in [1.165, 1.54) is 4.90 Å². The van der Waals surface area contributed by atoms with Crippen LogP contribution in [0, 0.1) is 25.2 Å². The minimum Gasteiger partial charge on any atom is -0.507 e. The Labute approximate surface area is 235 Å². The number of aromatic nitrogens is 2. The van der Waals surface area contributed by atoms with E-state index in [0.717, 1.165) is 26.1 Å². The van der Waals surface area contributed by atoms with Crippen LogP contribution in [0.4, 0.5) is 5.82 Å². The number of carbonyl (C=O) groups is 2. The number of fused-ring (bicyclic) bond motifs is 2. The number of para-hydroxylation sites is 1. The number of rotatable bonds is 4. The molecule has 0 saturated carbocycles. The van der Waals surface area contributed by atoms with Gasteiger partial charge in [-0.2, -0.15) is 5.10 Å². The first kappa shape index (κ1) is 25.6. The first-order chi connectivity index (χ1) is 18.6. The number of hydrogen-bond donors (Lipinski definition) is 1. The number of phenols is 1. The Kier molecular flexibility index (Phi) is 5.86. The molecule has 3 unspecified atom stereocenters. The first-order valence-corrected chi connectivity index (χ1v) is 14.0. The van der Waals surface area contributed by atoms with Crippen LogP contribution in [0.5, 0.6) is 5.75 Å². The summed E-state index contributed by atoms with van der Waals surface area (Å²) >= 11 is 7.84. The van der Waals surface area contributed by atoms with Gasteiger partial charge in [0.25, 0.3) is 0 Å². The topological polar surface area (TPSA) is 75.4 Å². The van der Waals surface area contributed by atoms with Crippen molar-refractivity contribution in [2.75, 3.05) is 4.90 Å². The zero-order chi connectivity index (χ0) is 27.8. The highest BCUT2D eigenvalue weighted by atomic mass is 35.5. The summed E-state index contributed by atoms with van der Waals surface area (Å²) < 4.78 is 2.69. The Morgan fingerprint density at radius 2 is 1.97 bits per heavy atom. The Morgan fingerprint density at radius 3 is 2.72 bits per heavy atom. The maximum Gasteiger partial charge on any atom is 0.242 e. The van der Waals surface area contributed by atoms with Crippen molar-refractivity contribution in [3.8, 4) is 16.3 Å². The van der Waals surface area contributed by atoms with Crippen molar-refractivity contribution >= 4 is 50.7 Å². The number of anilines is 1. The second-order valence-corrected chi connectivity index (χ2v) is 12.1. The van der Waals surface area contributed by atoms with Crippen molar-refractivity contribution < 1.29 is 14.7 Å². The number of nitrogens with zero attached hydrogens (tertiary/aromatic N) is 3. The number of benzene rings is 2. The maximum atomic E-state index is 14.4. The number of halogens is 1. The van der Waals surface area contributed by atoms with Gasteiger partial charge in [0.2, 0.25) is 11.8 Å². The van der Waals surface area contributed by atoms with Crippen LogP contribution in [0.2, 0.25) is 5.02 Å². The van der Waals surface area contributed by atoms with Gasteiger partial charge in [0.1, 0.15) is 17.3 Å². The van der Waals surface area contributed by atoms with Crippen LogP contribution >= 0.6 is 22.9 Å². The molecular weight excluding hydrogens is 530 g/mol. The number of carbonyl (C=O) groups excluding carboxylic acids is 2. The van der Waals surface area contributed by atoms with Gasteiger partial charge >= 0.3 is 0 Å². The van der Waals surface area contributed by atoms with Gasteiger partial charge < -0.3 is 5.11 Å². The fourth-order valence-corrected chi connectivity index (χ4v) is 7.66. The summed E-state index contributed by atoms with van der Waals surface area (Å²) in [4.78, 5) is 30.6. The molecule has 6 rings (SSSR count). The van der Waals surface area contributed by atoms with Gasteiger partial charge in [0.05, 0.1) is 16.2 Å². The molecule has 6 nitrogen and oxygen atoms in total. The van der Waals surface area contributed by atoms with Gasteiger partial charge in [0.15, 0.2) is 0 Å². The van der Waals surface area contributed by atoms with Crippen molar-refractivity contribution in [2.24, 2.45) is 18.4 Å². The Hall–Kier alpha value is -3.68. The summed E-state index contributed by atoms with van der Waals surface area (Å²) in [6, 6.07) is 13.1. The monoisotopic (exact) mass is 557 g/mol. The van der Waals surface area contributed by atoms with Crippen molar-refractivity contribution in [2.45, 2.75) is 33.1 Å². The maximum absolute atomic E-state index is 14.4. The summed E-state index contributed by atoms with van der Waals surface area (Å²) in [7, 11) is 1.75.